The summed E-state index contributed by atoms with van der Waals surface area (Å²) in [5.41, 5.74) is 0.198. The zero-order chi connectivity index (χ0) is 16.9. The van der Waals surface area contributed by atoms with Crippen LogP contribution in [0.3, 0.4) is 0 Å². The second-order valence-electron chi connectivity index (χ2n) is 5.91. The van der Waals surface area contributed by atoms with E-state index in [2.05, 4.69) is 29.0 Å². The van der Waals surface area contributed by atoms with Gasteiger partial charge in [0.2, 0.25) is 0 Å². The molecule has 1 aliphatic heterocycles. The molecule has 0 saturated carbocycles. The second kappa shape index (κ2) is 8.13. The van der Waals surface area contributed by atoms with Crippen LogP contribution in [0.4, 0.5) is 13.2 Å². The lowest BCUT2D eigenvalue weighted by atomic mass is 10.0. The van der Waals surface area contributed by atoms with Crippen molar-refractivity contribution in [3.63, 3.8) is 0 Å². The van der Waals surface area contributed by atoms with Gasteiger partial charge < -0.3 is 10.2 Å². The molecular formula is C17H26F3N3. The Labute approximate surface area is 136 Å². The standard InChI is InChI=1S/C17H26F3N3/c1-3-22(4-2)13-16(23-10-8-21-9-11-23)14-6-5-7-15(12-14)17(18,19)20/h5-7,12,16,21H,3-4,8-11,13H2,1-2H3. The van der Waals surface area contributed by atoms with Gasteiger partial charge >= 0.3 is 6.18 Å². The van der Waals surface area contributed by atoms with Crippen molar-refractivity contribution in [1.29, 1.82) is 0 Å². The van der Waals surface area contributed by atoms with Gasteiger partial charge in [0.15, 0.2) is 0 Å². The number of hydrogen-bond acceptors (Lipinski definition) is 3. The molecule has 1 N–H and O–H groups in total. The SMILES string of the molecule is CCN(CC)CC(c1cccc(C(F)(F)F)c1)N1CCNCC1. The molecule has 0 aromatic heterocycles. The van der Waals surface area contributed by atoms with Crippen molar-refractivity contribution in [3.05, 3.63) is 35.4 Å². The van der Waals surface area contributed by atoms with Crippen LogP contribution >= 0.6 is 0 Å². The van der Waals surface area contributed by atoms with Crippen molar-refractivity contribution in [2.45, 2.75) is 26.1 Å². The van der Waals surface area contributed by atoms with E-state index in [1.807, 2.05) is 6.07 Å². The Morgan fingerprint density at radius 3 is 2.39 bits per heavy atom. The molecule has 1 unspecified atom stereocenters. The predicted molar refractivity (Wildman–Crippen MR) is 86.4 cm³/mol. The van der Waals surface area contributed by atoms with E-state index in [0.717, 1.165) is 57.4 Å². The highest BCUT2D eigenvalue weighted by atomic mass is 19.4. The number of alkyl halides is 3. The molecule has 1 aromatic rings. The summed E-state index contributed by atoms with van der Waals surface area (Å²) >= 11 is 0. The van der Waals surface area contributed by atoms with Crippen LogP contribution in [-0.2, 0) is 6.18 Å². The molecule has 0 aliphatic carbocycles. The number of hydrogen-bond donors (Lipinski definition) is 1. The van der Waals surface area contributed by atoms with Crippen molar-refractivity contribution in [1.82, 2.24) is 15.1 Å². The minimum Gasteiger partial charge on any atom is -0.314 e. The van der Waals surface area contributed by atoms with Crippen LogP contribution in [0, 0.1) is 0 Å². The lowest BCUT2D eigenvalue weighted by Crippen LogP contribution is -2.48. The average molecular weight is 329 g/mol. The first-order valence-corrected chi connectivity index (χ1v) is 8.30. The fraction of sp³-hybridized carbons (Fsp3) is 0.647. The number of halogens is 3. The fourth-order valence-corrected chi connectivity index (χ4v) is 3.07. The molecule has 0 radical (unpaired) electrons. The van der Waals surface area contributed by atoms with Crippen LogP contribution < -0.4 is 5.32 Å². The van der Waals surface area contributed by atoms with Crippen molar-refractivity contribution in [2.24, 2.45) is 0 Å². The summed E-state index contributed by atoms with van der Waals surface area (Å²) in [7, 11) is 0. The molecule has 3 nitrogen and oxygen atoms in total. The van der Waals surface area contributed by atoms with Crippen molar-refractivity contribution in [3.8, 4) is 0 Å². The normalized spacial score (nSPS) is 18.3. The average Bonchev–Trinajstić information content (AvgIpc) is 2.56. The van der Waals surface area contributed by atoms with E-state index in [9.17, 15) is 13.2 Å². The Morgan fingerprint density at radius 2 is 1.83 bits per heavy atom. The first-order chi connectivity index (χ1) is 11.0. The molecule has 0 spiro atoms. The third-order valence-electron chi connectivity index (χ3n) is 4.52. The molecule has 1 saturated heterocycles. The highest BCUT2D eigenvalue weighted by Gasteiger charge is 2.32. The van der Waals surface area contributed by atoms with Gasteiger partial charge in [0.05, 0.1) is 5.56 Å². The summed E-state index contributed by atoms with van der Waals surface area (Å²) < 4.78 is 39.1. The van der Waals surface area contributed by atoms with E-state index in [-0.39, 0.29) is 6.04 Å². The first-order valence-electron chi connectivity index (χ1n) is 8.30. The summed E-state index contributed by atoms with van der Waals surface area (Å²) in [5, 5.41) is 3.30. The fourth-order valence-electron chi connectivity index (χ4n) is 3.07. The summed E-state index contributed by atoms with van der Waals surface area (Å²) in [5.74, 6) is 0. The maximum absolute atomic E-state index is 13.0. The van der Waals surface area contributed by atoms with E-state index in [1.165, 1.54) is 12.1 Å². The molecule has 6 heteroatoms. The largest absolute Gasteiger partial charge is 0.416 e. The van der Waals surface area contributed by atoms with E-state index < -0.39 is 11.7 Å². The molecular weight excluding hydrogens is 303 g/mol. The van der Waals surface area contributed by atoms with E-state index in [4.69, 9.17) is 0 Å². The lowest BCUT2D eigenvalue weighted by molar-refractivity contribution is -0.137. The monoisotopic (exact) mass is 329 g/mol. The Morgan fingerprint density at radius 1 is 1.17 bits per heavy atom. The number of benzene rings is 1. The third-order valence-corrected chi connectivity index (χ3v) is 4.52. The van der Waals surface area contributed by atoms with Gasteiger partial charge in [-0.3, -0.25) is 4.90 Å². The molecule has 130 valence electrons. The minimum absolute atomic E-state index is 0.000648. The topological polar surface area (TPSA) is 18.5 Å². The number of rotatable bonds is 6. The Balaban J connectivity index is 2.28. The molecule has 1 heterocycles. The van der Waals surface area contributed by atoms with Gasteiger partial charge in [-0.2, -0.15) is 13.2 Å². The van der Waals surface area contributed by atoms with Gasteiger partial charge in [-0.25, -0.2) is 0 Å². The smallest absolute Gasteiger partial charge is 0.314 e. The van der Waals surface area contributed by atoms with Crippen molar-refractivity contribution in [2.75, 3.05) is 45.8 Å². The van der Waals surface area contributed by atoms with Crippen molar-refractivity contribution >= 4 is 0 Å². The van der Waals surface area contributed by atoms with Crippen LogP contribution in [0.15, 0.2) is 24.3 Å². The molecule has 23 heavy (non-hydrogen) atoms. The Kier molecular flexibility index (Phi) is 6.44. The molecule has 0 amide bonds. The van der Waals surface area contributed by atoms with Gasteiger partial charge in [0.1, 0.15) is 0 Å². The second-order valence-corrected chi connectivity index (χ2v) is 5.91. The van der Waals surface area contributed by atoms with Crippen LogP contribution in [-0.4, -0.2) is 55.6 Å². The number of likely N-dealkylation sites (N-methyl/N-ethyl adjacent to an activating group) is 1. The van der Waals surface area contributed by atoms with Gasteiger partial charge in [-0.1, -0.05) is 26.0 Å². The van der Waals surface area contributed by atoms with Gasteiger partial charge in [0, 0.05) is 38.8 Å². The molecule has 1 aliphatic rings. The third kappa shape index (κ3) is 4.93. The van der Waals surface area contributed by atoms with E-state index in [1.54, 1.807) is 0 Å². The molecule has 0 bridgehead atoms. The highest BCUT2D eigenvalue weighted by Crippen LogP contribution is 2.32. The molecule has 1 atom stereocenters. The summed E-state index contributed by atoms with van der Waals surface area (Å²) in [6.45, 7) is 10.2. The molecule has 2 rings (SSSR count). The molecule has 1 fully saturated rings. The maximum atomic E-state index is 13.0. The molecule has 1 aromatic carbocycles. The highest BCUT2D eigenvalue weighted by molar-refractivity contribution is 5.28. The van der Waals surface area contributed by atoms with Gasteiger partial charge in [0.25, 0.3) is 0 Å². The van der Waals surface area contributed by atoms with E-state index in [0.29, 0.717) is 0 Å². The Hall–Kier alpha value is -1.11. The Bertz CT molecular complexity index is 480. The summed E-state index contributed by atoms with van der Waals surface area (Å²) in [4.78, 5) is 4.57. The summed E-state index contributed by atoms with van der Waals surface area (Å²) in [6, 6.07) is 5.81. The first kappa shape index (κ1) is 18.2. The summed E-state index contributed by atoms with van der Waals surface area (Å²) in [6.07, 6.45) is -4.29. The van der Waals surface area contributed by atoms with Crippen molar-refractivity contribution < 1.29 is 13.2 Å². The lowest BCUT2D eigenvalue weighted by Gasteiger charge is -2.38. The predicted octanol–water partition coefficient (Wildman–Crippen LogP) is 2.99. The van der Waals surface area contributed by atoms with Crippen LogP contribution in [0.1, 0.15) is 31.0 Å². The number of piperazine rings is 1. The van der Waals surface area contributed by atoms with Crippen LogP contribution in [0.25, 0.3) is 0 Å². The minimum atomic E-state index is -4.29. The maximum Gasteiger partial charge on any atom is 0.416 e. The zero-order valence-corrected chi connectivity index (χ0v) is 13.9. The number of nitrogens with zero attached hydrogens (tertiary/aromatic N) is 2. The van der Waals surface area contributed by atoms with Crippen LogP contribution in [0.5, 0.6) is 0 Å². The number of nitrogens with one attached hydrogen (secondary N) is 1. The van der Waals surface area contributed by atoms with E-state index >= 15 is 0 Å². The zero-order valence-electron chi connectivity index (χ0n) is 13.9. The van der Waals surface area contributed by atoms with Gasteiger partial charge in [-0.15, -0.1) is 0 Å². The quantitative estimate of drug-likeness (QED) is 0.866. The van der Waals surface area contributed by atoms with Gasteiger partial charge in [-0.05, 0) is 30.8 Å². The van der Waals surface area contributed by atoms with Crippen LogP contribution in [0.2, 0.25) is 0 Å².